The van der Waals surface area contributed by atoms with Crippen molar-refractivity contribution in [3.63, 3.8) is 0 Å². The molecule has 0 aromatic heterocycles. The molecule has 0 spiro atoms. The van der Waals surface area contributed by atoms with Crippen molar-refractivity contribution in [3.05, 3.63) is 54.6 Å². The fraction of sp³-hybridized carbons (Fsp3) is 0. The highest BCUT2D eigenvalue weighted by atomic mass is 14.5. The molecule has 0 saturated carbocycles. The van der Waals surface area contributed by atoms with Crippen molar-refractivity contribution in [2.45, 2.75) is 0 Å². The summed E-state index contributed by atoms with van der Waals surface area (Å²) in [4.78, 5) is 0. The van der Waals surface area contributed by atoms with Gasteiger partial charge in [-0.25, -0.2) is 0 Å². The van der Waals surface area contributed by atoms with E-state index in [4.69, 9.17) is 5.73 Å². The molecule has 0 unspecified atom stereocenters. The van der Waals surface area contributed by atoms with Crippen LogP contribution in [-0.4, -0.2) is 0 Å². The first-order valence-corrected chi connectivity index (χ1v) is 4.18. The molecule has 1 nitrogen and oxygen atoms in total. The minimum absolute atomic E-state index is 0.797. The molecule has 0 aliphatic heterocycles. The van der Waals surface area contributed by atoms with Gasteiger partial charge in [-0.15, -0.1) is 0 Å². The number of nitrogen functional groups attached to an aromatic ring is 1. The van der Waals surface area contributed by atoms with Gasteiger partial charge in [-0.05, 0) is 29.3 Å². The lowest BCUT2D eigenvalue weighted by molar-refractivity contribution is 1.61. The molecule has 63 valence electrons. The van der Waals surface area contributed by atoms with E-state index in [1.54, 1.807) is 0 Å². The van der Waals surface area contributed by atoms with E-state index < -0.39 is 0 Å². The van der Waals surface area contributed by atoms with E-state index in [9.17, 15) is 0 Å². The van der Waals surface area contributed by atoms with Crippen molar-refractivity contribution in [2.75, 3.05) is 5.73 Å². The number of anilines is 1. The van der Waals surface area contributed by atoms with Crippen LogP contribution < -0.4 is 5.73 Å². The molecule has 0 amide bonds. The number of benzene rings is 2. The lowest BCUT2D eigenvalue weighted by Gasteiger charge is -2.01. The van der Waals surface area contributed by atoms with Crippen molar-refractivity contribution in [1.82, 2.24) is 0 Å². The van der Waals surface area contributed by atoms with Gasteiger partial charge < -0.3 is 5.73 Å². The topological polar surface area (TPSA) is 26.0 Å². The van der Waals surface area contributed by atoms with Crippen LogP contribution in [0.5, 0.6) is 0 Å². The van der Waals surface area contributed by atoms with Crippen molar-refractivity contribution in [1.29, 1.82) is 0 Å². The quantitative estimate of drug-likeness (QED) is 0.651. The molecule has 1 radical (unpaired) electrons. The summed E-state index contributed by atoms with van der Waals surface area (Å²) in [6, 6.07) is 18.7. The first-order valence-electron chi connectivity index (χ1n) is 4.18. The SMILES string of the molecule is Nc1cccc(-c2cc[c]cc2)c1. The highest BCUT2D eigenvalue weighted by Crippen LogP contribution is 2.20. The molecular weight excluding hydrogens is 158 g/mol. The summed E-state index contributed by atoms with van der Waals surface area (Å²) in [7, 11) is 0. The summed E-state index contributed by atoms with van der Waals surface area (Å²) in [5.41, 5.74) is 8.80. The van der Waals surface area contributed by atoms with Gasteiger partial charge in [0.05, 0.1) is 0 Å². The number of hydrogen-bond donors (Lipinski definition) is 1. The Morgan fingerprint density at radius 1 is 0.923 bits per heavy atom. The highest BCUT2D eigenvalue weighted by Gasteiger charge is 1.95. The molecule has 2 aromatic carbocycles. The molecule has 0 aliphatic rings. The Hall–Kier alpha value is -1.76. The van der Waals surface area contributed by atoms with E-state index in [0.717, 1.165) is 11.3 Å². The number of hydrogen-bond acceptors (Lipinski definition) is 1. The molecule has 1 heteroatoms. The van der Waals surface area contributed by atoms with Crippen LogP contribution in [0, 0.1) is 6.07 Å². The molecule has 0 atom stereocenters. The molecule has 2 N–H and O–H groups in total. The van der Waals surface area contributed by atoms with Crippen molar-refractivity contribution in [2.24, 2.45) is 0 Å². The monoisotopic (exact) mass is 168 g/mol. The predicted octanol–water partition coefficient (Wildman–Crippen LogP) is 2.74. The Balaban J connectivity index is 2.48. The normalized spacial score (nSPS) is 9.85. The van der Waals surface area contributed by atoms with Gasteiger partial charge in [-0.2, -0.15) is 0 Å². The Kier molecular flexibility index (Phi) is 2.01. The Morgan fingerprint density at radius 2 is 1.69 bits per heavy atom. The first kappa shape index (κ1) is 7.87. The lowest BCUT2D eigenvalue weighted by Crippen LogP contribution is -1.84. The van der Waals surface area contributed by atoms with Crippen molar-refractivity contribution >= 4 is 5.69 Å². The van der Waals surface area contributed by atoms with E-state index in [-0.39, 0.29) is 0 Å². The fourth-order valence-corrected chi connectivity index (χ4v) is 1.30. The zero-order valence-electron chi connectivity index (χ0n) is 7.20. The van der Waals surface area contributed by atoms with Crippen LogP contribution in [0.25, 0.3) is 11.1 Å². The minimum atomic E-state index is 0.797. The van der Waals surface area contributed by atoms with Crippen LogP contribution in [0.3, 0.4) is 0 Å². The minimum Gasteiger partial charge on any atom is -0.399 e. The number of nitrogens with two attached hydrogens (primary N) is 1. The summed E-state index contributed by atoms with van der Waals surface area (Å²) in [5, 5.41) is 0. The molecule has 0 bridgehead atoms. The molecule has 2 rings (SSSR count). The van der Waals surface area contributed by atoms with Crippen LogP contribution >= 0.6 is 0 Å². The zero-order valence-corrected chi connectivity index (χ0v) is 7.20. The predicted molar refractivity (Wildman–Crippen MR) is 55.1 cm³/mol. The Labute approximate surface area is 77.8 Å². The standard InChI is InChI=1S/C12H10N/c13-12-8-4-7-11(9-12)10-5-2-1-3-6-10/h2-9H,13H2. The van der Waals surface area contributed by atoms with Gasteiger partial charge in [-0.1, -0.05) is 36.4 Å². The van der Waals surface area contributed by atoms with Gasteiger partial charge in [-0.3, -0.25) is 0 Å². The summed E-state index contributed by atoms with van der Waals surface area (Å²) in [6.45, 7) is 0. The summed E-state index contributed by atoms with van der Waals surface area (Å²) in [5.74, 6) is 0. The molecule has 2 aromatic rings. The van der Waals surface area contributed by atoms with Crippen LogP contribution in [-0.2, 0) is 0 Å². The number of rotatable bonds is 1. The van der Waals surface area contributed by atoms with Gasteiger partial charge in [0, 0.05) is 5.69 Å². The second kappa shape index (κ2) is 3.31. The molecule has 0 heterocycles. The van der Waals surface area contributed by atoms with Crippen molar-refractivity contribution in [3.8, 4) is 11.1 Å². The average Bonchev–Trinajstić information content (AvgIpc) is 2.19. The molecule has 0 aliphatic carbocycles. The van der Waals surface area contributed by atoms with Crippen LogP contribution in [0.1, 0.15) is 0 Å². The molecule has 0 fully saturated rings. The largest absolute Gasteiger partial charge is 0.399 e. The lowest BCUT2D eigenvalue weighted by atomic mass is 10.1. The Morgan fingerprint density at radius 3 is 2.38 bits per heavy atom. The van der Waals surface area contributed by atoms with E-state index in [1.807, 2.05) is 48.5 Å². The third-order valence-electron chi connectivity index (χ3n) is 1.94. The summed E-state index contributed by atoms with van der Waals surface area (Å²) >= 11 is 0. The van der Waals surface area contributed by atoms with Crippen LogP contribution in [0.4, 0.5) is 5.69 Å². The average molecular weight is 168 g/mol. The van der Waals surface area contributed by atoms with E-state index in [2.05, 4.69) is 6.07 Å². The molecular formula is C12H10N. The third-order valence-corrected chi connectivity index (χ3v) is 1.94. The zero-order chi connectivity index (χ0) is 9.10. The maximum atomic E-state index is 5.69. The van der Waals surface area contributed by atoms with Crippen LogP contribution in [0.15, 0.2) is 48.5 Å². The van der Waals surface area contributed by atoms with Gasteiger partial charge in [0.2, 0.25) is 0 Å². The van der Waals surface area contributed by atoms with Crippen molar-refractivity contribution < 1.29 is 0 Å². The maximum absolute atomic E-state index is 5.69. The van der Waals surface area contributed by atoms with Crippen LogP contribution in [0.2, 0.25) is 0 Å². The van der Waals surface area contributed by atoms with Gasteiger partial charge in [0.1, 0.15) is 0 Å². The Bertz CT molecular complexity index is 393. The fourth-order valence-electron chi connectivity index (χ4n) is 1.30. The second-order valence-corrected chi connectivity index (χ2v) is 2.91. The molecule has 0 saturated heterocycles. The molecule has 13 heavy (non-hydrogen) atoms. The third kappa shape index (κ3) is 1.70. The second-order valence-electron chi connectivity index (χ2n) is 2.91. The highest BCUT2D eigenvalue weighted by molar-refractivity contribution is 5.66. The van der Waals surface area contributed by atoms with Gasteiger partial charge >= 0.3 is 0 Å². The smallest absolute Gasteiger partial charge is 0.0320 e. The van der Waals surface area contributed by atoms with E-state index in [0.29, 0.717) is 0 Å². The first-order chi connectivity index (χ1) is 6.36. The van der Waals surface area contributed by atoms with Gasteiger partial charge in [0.25, 0.3) is 0 Å². The summed E-state index contributed by atoms with van der Waals surface area (Å²) < 4.78 is 0. The van der Waals surface area contributed by atoms with Gasteiger partial charge in [0.15, 0.2) is 0 Å². The van der Waals surface area contributed by atoms with E-state index in [1.165, 1.54) is 5.56 Å². The summed E-state index contributed by atoms with van der Waals surface area (Å²) in [6.07, 6.45) is 0. The van der Waals surface area contributed by atoms with E-state index >= 15 is 0 Å². The maximum Gasteiger partial charge on any atom is 0.0320 e.